The fourth-order valence-corrected chi connectivity index (χ4v) is 4.65. The van der Waals surface area contributed by atoms with Gasteiger partial charge in [0, 0.05) is 30.7 Å². The number of nitrogens with one attached hydrogen (secondary N) is 4. The summed E-state index contributed by atoms with van der Waals surface area (Å²) in [4.78, 5) is 24.6. The summed E-state index contributed by atoms with van der Waals surface area (Å²) in [6.07, 6.45) is 11.5. The number of nitrogens with zero attached hydrogens (tertiary/aromatic N) is 4. The lowest BCUT2D eigenvalue weighted by Gasteiger charge is -2.22. The maximum Gasteiger partial charge on any atom is 0.320 e. The number of aliphatic imine (C=N–C) groups is 1. The predicted molar refractivity (Wildman–Crippen MR) is 163 cm³/mol. The molecule has 1 aliphatic rings. The van der Waals surface area contributed by atoms with Crippen LogP contribution in [-0.4, -0.2) is 84.3 Å². The number of benzene rings is 1. The third-order valence-electron chi connectivity index (χ3n) is 6.95. The van der Waals surface area contributed by atoms with Crippen molar-refractivity contribution in [2.24, 2.45) is 21.7 Å². The second-order valence-electron chi connectivity index (χ2n) is 10.2. The molecule has 3 rings (SSSR count). The van der Waals surface area contributed by atoms with Crippen LogP contribution < -0.4 is 32.8 Å². The van der Waals surface area contributed by atoms with Gasteiger partial charge in [0.1, 0.15) is 11.9 Å². The topological polar surface area (TPSA) is 188 Å². The summed E-state index contributed by atoms with van der Waals surface area (Å²) in [5, 5.41) is 27.3. The molecule has 2 aromatic rings. The number of carboxylic acid groups (broad SMARTS) is 1. The molecule has 1 atom stereocenters. The molecule has 0 amide bonds. The van der Waals surface area contributed by atoms with E-state index in [1.165, 1.54) is 32.1 Å². The van der Waals surface area contributed by atoms with Gasteiger partial charge >= 0.3 is 5.97 Å². The maximum absolute atomic E-state index is 10.9. The molecular weight excluding hydrogens is 508 g/mol. The van der Waals surface area contributed by atoms with Crippen LogP contribution in [0.5, 0.6) is 0 Å². The number of fused-ring (bicyclic) bond motifs is 1. The number of hydrazone groups is 1. The van der Waals surface area contributed by atoms with Gasteiger partial charge in [0.2, 0.25) is 5.95 Å². The van der Waals surface area contributed by atoms with Crippen molar-refractivity contribution in [2.45, 2.75) is 69.9 Å². The van der Waals surface area contributed by atoms with Gasteiger partial charge < -0.3 is 38.0 Å². The fourth-order valence-electron chi connectivity index (χ4n) is 4.65. The first kappa shape index (κ1) is 31.2. The minimum Gasteiger partial charge on any atom is -0.480 e. The average Bonchev–Trinajstić information content (AvgIpc) is 2.98. The fraction of sp³-hybridized carbons (Fsp3) is 0.607. The SMILES string of the molecule is NN=C(C=NCCCNCCCNC1CCCCC1)CNc1nc(NCCC[C@H](N)C(=O)O)c2ccccc2n1. The molecule has 0 unspecified atom stereocenters. The number of nitrogens with two attached hydrogens (primary N) is 2. The quantitative estimate of drug-likeness (QED) is 0.0587. The highest BCUT2D eigenvalue weighted by molar-refractivity contribution is 6.32. The molecule has 0 aliphatic heterocycles. The molecule has 1 fully saturated rings. The third kappa shape index (κ3) is 11.4. The lowest BCUT2D eigenvalue weighted by Crippen LogP contribution is -2.33. The Bertz CT molecular complexity index is 1090. The van der Waals surface area contributed by atoms with Crippen molar-refractivity contribution in [3.8, 4) is 0 Å². The summed E-state index contributed by atoms with van der Waals surface area (Å²) >= 11 is 0. The van der Waals surface area contributed by atoms with E-state index in [9.17, 15) is 4.79 Å². The van der Waals surface area contributed by atoms with Gasteiger partial charge in [-0.2, -0.15) is 10.1 Å². The highest BCUT2D eigenvalue weighted by atomic mass is 16.4. The molecule has 0 radical (unpaired) electrons. The highest BCUT2D eigenvalue weighted by Gasteiger charge is 2.12. The Morgan fingerprint density at radius 1 is 1.05 bits per heavy atom. The van der Waals surface area contributed by atoms with Gasteiger partial charge in [0.05, 0.1) is 17.8 Å². The summed E-state index contributed by atoms with van der Waals surface area (Å²) < 4.78 is 0. The van der Waals surface area contributed by atoms with E-state index in [4.69, 9.17) is 16.7 Å². The van der Waals surface area contributed by atoms with Crippen LogP contribution in [0.1, 0.15) is 57.8 Å². The molecule has 1 aromatic carbocycles. The van der Waals surface area contributed by atoms with Crippen LogP contribution in [0.25, 0.3) is 10.9 Å². The number of anilines is 2. The first-order valence-corrected chi connectivity index (χ1v) is 14.5. The molecule has 1 saturated carbocycles. The van der Waals surface area contributed by atoms with E-state index >= 15 is 0 Å². The maximum atomic E-state index is 10.9. The number of hydrogen-bond donors (Lipinski definition) is 7. The number of carboxylic acids is 1. The molecule has 9 N–H and O–H groups in total. The van der Waals surface area contributed by atoms with Crippen molar-refractivity contribution >= 4 is 40.6 Å². The Labute approximate surface area is 236 Å². The third-order valence-corrected chi connectivity index (χ3v) is 6.95. The van der Waals surface area contributed by atoms with Crippen molar-refractivity contribution in [1.82, 2.24) is 20.6 Å². The minimum atomic E-state index is -0.996. The van der Waals surface area contributed by atoms with E-state index in [1.54, 1.807) is 6.21 Å². The molecule has 1 aromatic heterocycles. The Morgan fingerprint density at radius 3 is 2.65 bits per heavy atom. The Kier molecular flexibility index (Phi) is 14.1. The van der Waals surface area contributed by atoms with E-state index in [-0.39, 0.29) is 0 Å². The van der Waals surface area contributed by atoms with Crippen LogP contribution in [-0.2, 0) is 4.79 Å². The summed E-state index contributed by atoms with van der Waals surface area (Å²) in [5.74, 6) is 5.68. The molecule has 0 bridgehead atoms. The van der Waals surface area contributed by atoms with Crippen LogP contribution in [0, 0.1) is 0 Å². The Morgan fingerprint density at radius 2 is 1.85 bits per heavy atom. The monoisotopic (exact) mass is 554 g/mol. The summed E-state index contributed by atoms with van der Waals surface area (Å²) in [6, 6.07) is 7.54. The normalized spacial score (nSPS) is 15.5. The van der Waals surface area contributed by atoms with Gasteiger partial charge in [-0.3, -0.25) is 9.79 Å². The van der Waals surface area contributed by atoms with Gasteiger partial charge in [-0.05, 0) is 70.3 Å². The predicted octanol–water partition coefficient (Wildman–Crippen LogP) is 2.32. The van der Waals surface area contributed by atoms with E-state index in [0.29, 0.717) is 50.0 Å². The van der Waals surface area contributed by atoms with Crippen LogP contribution in [0.4, 0.5) is 11.8 Å². The van der Waals surface area contributed by atoms with Crippen molar-refractivity contribution < 1.29 is 9.90 Å². The zero-order chi connectivity index (χ0) is 28.4. The summed E-state index contributed by atoms with van der Waals surface area (Å²) in [7, 11) is 0. The van der Waals surface area contributed by atoms with Gasteiger partial charge in [0.25, 0.3) is 0 Å². The van der Waals surface area contributed by atoms with Gasteiger partial charge in [-0.25, -0.2) is 4.98 Å². The second-order valence-corrected chi connectivity index (χ2v) is 10.2. The molecule has 1 heterocycles. The second kappa shape index (κ2) is 18.1. The smallest absolute Gasteiger partial charge is 0.320 e. The standard InChI is InChI=1S/C28H46N10O2/c29-24(27(39)40)12-6-17-34-26-23-11-4-5-13-25(23)36-28(37-26)35-20-22(38-30)19-32-16-7-14-31-15-8-18-33-21-9-2-1-3-10-21/h4-5,11,13,19,21,24,31,33H,1-3,6-10,12,14-18,20,29-30H2,(H,39,40)(H2,34,35,36,37)/t24-/m0/s1. The number of carbonyl (C=O) groups is 1. The molecule has 220 valence electrons. The van der Waals surface area contributed by atoms with Gasteiger partial charge in [0.15, 0.2) is 0 Å². The van der Waals surface area contributed by atoms with Crippen molar-refractivity contribution in [3.05, 3.63) is 24.3 Å². The van der Waals surface area contributed by atoms with Crippen LogP contribution in [0.15, 0.2) is 34.4 Å². The number of hydrogen-bond acceptors (Lipinski definition) is 11. The highest BCUT2D eigenvalue weighted by Crippen LogP contribution is 2.22. The van der Waals surface area contributed by atoms with Crippen LogP contribution in [0.2, 0.25) is 0 Å². The Hall–Kier alpha value is -3.35. The molecular formula is C28H46N10O2. The van der Waals surface area contributed by atoms with E-state index in [0.717, 1.165) is 49.4 Å². The first-order valence-electron chi connectivity index (χ1n) is 14.5. The zero-order valence-electron chi connectivity index (χ0n) is 23.4. The molecule has 12 nitrogen and oxygen atoms in total. The minimum absolute atomic E-state index is 0.331. The van der Waals surface area contributed by atoms with Crippen molar-refractivity contribution in [2.75, 3.05) is 49.9 Å². The molecule has 40 heavy (non-hydrogen) atoms. The van der Waals surface area contributed by atoms with Crippen LogP contribution >= 0.6 is 0 Å². The number of aromatic nitrogens is 2. The van der Waals surface area contributed by atoms with E-state index in [2.05, 4.69) is 41.3 Å². The number of para-hydroxylation sites is 1. The van der Waals surface area contributed by atoms with Gasteiger partial charge in [-0.1, -0.05) is 31.4 Å². The largest absolute Gasteiger partial charge is 0.480 e. The number of aliphatic carboxylic acids is 1. The molecule has 12 heteroatoms. The Balaban J connectivity index is 1.36. The lowest BCUT2D eigenvalue weighted by molar-refractivity contribution is -0.138. The van der Waals surface area contributed by atoms with E-state index < -0.39 is 12.0 Å². The first-order chi connectivity index (χ1) is 19.6. The summed E-state index contributed by atoms with van der Waals surface area (Å²) in [6.45, 7) is 4.59. The molecule has 0 spiro atoms. The zero-order valence-corrected chi connectivity index (χ0v) is 23.4. The lowest BCUT2D eigenvalue weighted by atomic mass is 9.95. The van der Waals surface area contributed by atoms with Crippen molar-refractivity contribution in [3.63, 3.8) is 0 Å². The number of rotatable bonds is 19. The average molecular weight is 555 g/mol. The van der Waals surface area contributed by atoms with E-state index in [1.807, 2.05) is 24.3 Å². The molecule has 0 saturated heterocycles. The van der Waals surface area contributed by atoms with Crippen molar-refractivity contribution in [1.29, 1.82) is 0 Å². The summed E-state index contributed by atoms with van der Waals surface area (Å²) in [5.41, 5.74) is 6.97. The van der Waals surface area contributed by atoms with Crippen LogP contribution in [0.3, 0.4) is 0 Å². The molecule has 1 aliphatic carbocycles. The van der Waals surface area contributed by atoms with Gasteiger partial charge in [-0.15, -0.1) is 0 Å².